The minimum atomic E-state index is -1.26. The second-order valence-electron chi connectivity index (χ2n) is 10.4. The molecular formula is C32H42FN3O8S. The van der Waals surface area contributed by atoms with E-state index in [2.05, 4.69) is 16.8 Å². The van der Waals surface area contributed by atoms with Crippen LogP contribution in [0.4, 0.5) is 10.1 Å². The van der Waals surface area contributed by atoms with E-state index in [0.29, 0.717) is 42.0 Å². The molecule has 2 heterocycles. The molecule has 1 fully saturated rings. The van der Waals surface area contributed by atoms with Crippen LogP contribution in [0.2, 0.25) is 0 Å². The molecule has 0 amide bonds. The maximum atomic E-state index is 13.0. The number of hydrogen-bond acceptors (Lipinski definition) is 10. The molecule has 0 radical (unpaired) electrons. The number of ether oxygens (including phenoxy) is 4. The van der Waals surface area contributed by atoms with Crippen molar-refractivity contribution in [3.8, 4) is 17.2 Å². The van der Waals surface area contributed by atoms with E-state index in [1.165, 1.54) is 12.1 Å². The Balaban J connectivity index is 0.000000610. The molecule has 1 saturated heterocycles. The number of carboxylic acid groups (broad SMARTS) is 2. The second-order valence-corrected chi connectivity index (χ2v) is 11.3. The fourth-order valence-electron chi connectivity index (χ4n) is 5.04. The summed E-state index contributed by atoms with van der Waals surface area (Å²) < 4.78 is 35.5. The van der Waals surface area contributed by atoms with Crippen LogP contribution in [0.1, 0.15) is 30.4 Å². The van der Waals surface area contributed by atoms with Gasteiger partial charge in [-0.25, -0.2) is 19.0 Å². The number of amidine groups is 1. The van der Waals surface area contributed by atoms with Gasteiger partial charge < -0.3 is 39.0 Å². The molecule has 2 aliphatic heterocycles. The minimum Gasteiger partial charge on any atom is -0.493 e. The first-order valence-electron chi connectivity index (χ1n) is 14.6. The van der Waals surface area contributed by atoms with Gasteiger partial charge in [-0.05, 0) is 55.0 Å². The first-order chi connectivity index (χ1) is 21.7. The number of thioether (sulfide) groups is 1. The average Bonchev–Trinajstić information content (AvgIpc) is 3.05. The van der Waals surface area contributed by atoms with Gasteiger partial charge >= 0.3 is 11.9 Å². The smallest absolute Gasteiger partial charge is 0.328 e. The highest BCUT2D eigenvalue weighted by Crippen LogP contribution is 2.49. The number of carboxylic acids is 2. The molecule has 2 N–H and O–H groups in total. The molecule has 11 nitrogen and oxygen atoms in total. The fraction of sp³-hybridized carbons (Fsp3) is 0.469. The predicted molar refractivity (Wildman–Crippen MR) is 172 cm³/mol. The molecule has 13 heteroatoms. The molecule has 0 bridgehead atoms. The van der Waals surface area contributed by atoms with Crippen molar-refractivity contribution in [3.05, 3.63) is 59.4 Å². The van der Waals surface area contributed by atoms with Crippen LogP contribution in [0, 0.1) is 5.82 Å². The van der Waals surface area contributed by atoms with E-state index < -0.39 is 11.9 Å². The number of aliphatic imine (C=N–C) groups is 1. The van der Waals surface area contributed by atoms with Crippen LogP contribution in [-0.2, 0) is 26.5 Å². The molecule has 0 aliphatic carbocycles. The lowest BCUT2D eigenvalue weighted by Gasteiger charge is -2.38. The third kappa shape index (κ3) is 10.9. The number of piperidine rings is 1. The van der Waals surface area contributed by atoms with Crippen molar-refractivity contribution in [2.75, 3.05) is 61.2 Å². The summed E-state index contributed by atoms with van der Waals surface area (Å²) in [5.41, 5.74) is 3.03. The van der Waals surface area contributed by atoms with Gasteiger partial charge in [0, 0.05) is 57.2 Å². The number of halogens is 1. The first kappa shape index (κ1) is 35.7. The summed E-state index contributed by atoms with van der Waals surface area (Å²) >= 11 is 1.76. The monoisotopic (exact) mass is 647 g/mol. The number of nitrogens with zero attached hydrogens (tertiary/aromatic N) is 3. The van der Waals surface area contributed by atoms with Crippen molar-refractivity contribution >= 4 is 34.6 Å². The number of carbonyl (C=O) groups is 2. The van der Waals surface area contributed by atoms with Crippen molar-refractivity contribution in [1.82, 2.24) is 9.80 Å². The van der Waals surface area contributed by atoms with E-state index in [0.717, 1.165) is 79.7 Å². The zero-order valence-electron chi connectivity index (χ0n) is 26.2. The Morgan fingerprint density at radius 3 is 2.24 bits per heavy atom. The van der Waals surface area contributed by atoms with E-state index in [1.54, 1.807) is 33.1 Å². The normalized spacial score (nSPS) is 15.0. The van der Waals surface area contributed by atoms with Crippen molar-refractivity contribution in [1.29, 1.82) is 0 Å². The lowest BCUT2D eigenvalue weighted by Crippen LogP contribution is -2.45. The van der Waals surface area contributed by atoms with Crippen molar-refractivity contribution in [2.45, 2.75) is 37.5 Å². The number of likely N-dealkylation sites (tertiary alicyclic amines) is 1. The van der Waals surface area contributed by atoms with Crippen LogP contribution in [0.3, 0.4) is 0 Å². The fourth-order valence-corrected chi connectivity index (χ4v) is 6.05. The van der Waals surface area contributed by atoms with Crippen molar-refractivity contribution < 1.29 is 43.1 Å². The lowest BCUT2D eigenvalue weighted by molar-refractivity contribution is -0.134. The number of rotatable bonds is 13. The Kier molecular flexibility index (Phi) is 14.4. The topological polar surface area (TPSA) is 130 Å². The van der Waals surface area contributed by atoms with Crippen molar-refractivity contribution in [2.24, 2.45) is 4.99 Å². The number of methoxy groups -OCH3 is 3. The zero-order chi connectivity index (χ0) is 32.8. The molecule has 45 heavy (non-hydrogen) atoms. The highest BCUT2D eigenvalue weighted by molar-refractivity contribution is 8.13. The van der Waals surface area contributed by atoms with E-state index in [-0.39, 0.29) is 5.82 Å². The molecule has 0 saturated carbocycles. The molecule has 4 rings (SSSR count). The molecule has 2 aliphatic rings. The van der Waals surface area contributed by atoms with E-state index >= 15 is 0 Å². The van der Waals surface area contributed by atoms with Crippen LogP contribution in [0.5, 0.6) is 17.2 Å². The van der Waals surface area contributed by atoms with E-state index in [4.69, 9.17) is 34.2 Å². The Morgan fingerprint density at radius 1 is 1.02 bits per heavy atom. The predicted octanol–water partition coefficient (Wildman–Crippen LogP) is 4.84. The van der Waals surface area contributed by atoms with Crippen LogP contribution in [0.25, 0.3) is 0 Å². The van der Waals surface area contributed by atoms with Gasteiger partial charge in [-0.1, -0.05) is 23.9 Å². The van der Waals surface area contributed by atoms with Gasteiger partial charge in [0.25, 0.3) is 0 Å². The summed E-state index contributed by atoms with van der Waals surface area (Å²) in [4.78, 5) is 29.0. The molecule has 0 spiro atoms. The molecule has 0 atom stereocenters. The lowest BCUT2D eigenvalue weighted by atomic mass is 10.0. The van der Waals surface area contributed by atoms with Gasteiger partial charge in [-0.3, -0.25) is 0 Å². The highest BCUT2D eigenvalue weighted by Gasteiger charge is 2.29. The van der Waals surface area contributed by atoms with E-state index in [1.807, 2.05) is 18.2 Å². The Hall–Kier alpha value is -3.81. The van der Waals surface area contributed by atoms with Crippen LogP contribution in [-0.4, -0.2) is 104 Å². The Morgan fingerprint density at radius 2 is 1.67 bits per heavy atom. The third-order valence-corrected chi connectivity index (χ3v) is 8.53. The highest BCUT2D eigenvalue weighted by atomic mass is 32.2. The third-order valence-electron chi connectivity index (χ3n) is 7.43. The quantitative estimate of drug-likeness (QED) is 0.229. The van der Waals surface area contributed by atoms with Gasteiger partial charge in [0.05, 0.1) is 27.9 Å². The largest absolute Gasteiger partial charge is 0.493 e. The summed E-state index contributed by atoms with van der Waals surface area (Å²) in [7, 11) is 7.05. The number of hydrogen-bond donors (Lipinski definition) is 2. The summed E-state index contributed by atoms with van der Waals surface area (Å²) in [5, 5.41) is 16.6. The second kappa shape index (κ2) is 18.2. The van der Waals surface area contributed by atoms with E-state index in [9.17, 15) is 14.0 Å². The minimum absolute atomic E-state index is 0.197. The Labute approximate surface area is 267 Å². The molecule has 0 aromatic heterocycles. The van der Waals surface area contributed by atoms with Gasteiger partial charge in [0.15, 0.2) is 16.7 Å². The van der Waals surface area contributed by atoms with Gasteiger partial charge in [-0.2, -0.15) is 0 Å². The van der Waals surface area contributed by atoms with Crippen LogP contribution < -0.4 is 14.2 Å². The summed E-state index contributed by atoms with van der Waals surface area (Å²) in [6, 6.07) is 9.10. The molecule has 2 aromatic carbocycles. The Bertz CT molecular complexity index is 1310. The molecule has 246 valence electrons. The standard InChI is InChI=1S/C28H38FN3O4S.C4H4O4/c1-31(28-30-25-21(19-37-28)18-24(33-2)26(34-3)27(25)35-4)23-10-14-32(15-11-23)13-5-16-36-17-12-20-6-8-22(29)9-7-20;5-3(6)1-2-4(7)8/h6-9,18,23H,5,10-17,19H2,1-4H3;1-2H,(H,5,6)(H,7,8). The molecule has 2 aromatic rings. The average molecular weight is 648 g/mol. The summed E-state index contributed by atoms with van der Waals surface area (Å²) in [5.74, 6) is -0.0321. The summed E-state index contributed by atoms with van der Waals surface area (Å²) in [6.07, 6.45) is 5.17. The van der Waals surface area contributed by atoms with Crippen LogP contribution >= 0.6 is 11.8 Å². The maximum absolute atomic E-state index is 13.0. The first-order valence-corrected chi connectivity index (χ1v) is 15.6. The summed E-state index contributed by atoms with van der Waals surface area (Å²) in [6.45, 7) is 4.63. The molecular weight excluding hydrogens is 605 g/mol. The zero-order valence-corrected chi connectivity index (χ0v) is 27.0. The SMILES string of the molecule is COc1cc2c(c(OC)c1OC)N=C(N(C)C1CCN(CCCOCCc3ccc(F)cc3)CC1)SC2.O=C(O)C=CC(=O)O. The van der Waals surface area contributed by atoms with Gasteiger partial charge in [0.1, 0.15) is 11.5 Å². The van der Waals surface area contributed by atoms with Crippen molar-refractivity contribution in [3.63, 3.8) is 0 Å². The number of fused-ring (bicyclic) bond motifs is 1. The van der Waals surface area contributed by atoms with Crippen LogP contribution in [0.15, 0.2) is 47.5 Å². The number of benzene rings is 2. The van der Waals surface area contributed by atoms with Gasteiger partial charge in [-0.15, -0.1) is 0 Å². The van der Waals surface area contributed by atoms with Gasteiger partial charge in [0.2, 0.25) is 5.75 Å². The number of aliphatic carboxylic acids is 2. The maximum Gasteiger partial charge on any atom is 0.328 e. The molecule has 0 unspecified atom stereocenters.